The van der Waals surface area contributed by atoms with Crippen LogP contribution in [0.3, 0.4) is 0 Å². The van der Waals surface area contributed by atoms with Crippen LogP contribution in [0.1, 0.15) is 37.5 Å². The number of para-hydroxylation sites is 1. The Morgan fingerprint density at radius 1 is 1.18 bits per heavy atom. The molecule has 142 valence electrons. The van der Waals surface area contributed by atoms with Gasteiger partial charge in [0.1, 0.15) is 5.58 Å². The molecule has 1 aromatic carbocycles. The van der Waals surface area contributed by atoms with E-state index >= 15 is 0 Å². The first-order valence-corrected chi connectivity index (χ1v) is 10.9. The van der Waals surface area contributed by atoms with Gasteiger partial charge in [-0.25, -0.2) is 0 Å². The van der Waals surface area contributed by atoms with E-state index in [-0.39, 0.29) is 11.9 Å². The molecule has 4 nitrogen and oxygen atoms in total. The van der Waals surface area contributed by atoms with Gasteiger partial charge in [0.2, 0.25) is 0 Å². The number of carbonyl (C=O) groups excluding carboxylic acids is 1. The second-order valence-corrected chi connectivity index (χ2v) is 8.78. The maximum absolute atomic E-state index is 13.7. The molecule has 0 saturated heterocycles. The first-order chi connectivity index (χ1) is 13.8. The fourth-order valence-electron chi connectivity index (χ4n) is 3.98. The summed E-state index contributed by atoms with van der Waals surface area (Å²) in [6, 6.07) is 14.0. The molecule has 0 saturated carbocycles. The van der Waals surface area contributed by atoms with Crippen LogP contribution < -0.4 is 0 Å². The number of hydrogen-bond acceptors (Lipinski definition) is 5. The van der Waals surface area contributed by atoms with Crippen molar-refractivity contribution in [3.05, 3.63) is 79.9 Å². The summed E-state index contributed by atoms with van der Waals surface area (Å²) in [5, 5.41) is 5.13. The van der Waals surface area contributed by atoms with E-state index in [2.05, 4.69) is 22.9 Å². The molecule has 5 rings (SSSR count). The summed E-state index contributed by atoms with van der Waals surface area (Å²) < 4.78 is 11.4. The van der Waals surface area contributed by atoms with Crippen molar-refractivity contribution in [1.82, 2.24) is 4.90 Å². The van der Waals surface area contributed by atoms with Crippen LogP contribution in [0.4, 0.5) is 0 Å². The van der Waals surface area contributed by atoms with Crippen molar-refractivity contribution in [1.29, 1.82) is 0 Å². The molecule has 0 bridgehead atoms. The van der Waals surface area contributed by atoms with Crippen molar-refractivity contribution < 1.29 is 13.9 Å². The summed E-state index contributed by atoms with van der Waals surface area (Å²) in [5.41, 5.74) is 2.78. The lowest BCUT2D eigenvalue weighted by atomic mass is 9.97. The zero-order chi connectivity index (χ0) is 19.1. The molecule has 1 atom stereocenters. The minimum atomic E-state index is -0.0708. The molecule has 1 aliphatic heterocycles. The highest BCUT2D eigenvalue weighted by Gasteiger charge is 2.36. The van der Waals surface area contributed by atoms with Crippen LogP contribution in [0.15, 0.2) is 57.6 Å². The van der Waals surface area contributed by atoms with Crippen LogP contribution in [-0.2, 0) is 17.8 Å². The predicted molar refractivity (Wildman–Crippen MR) is 112 cm³/mol. The highest BCUT2D eigenvalue weighted by Crippen LogP contribution is 2.41. The standard InChI is InChI=1S/C22H19NO3S2/c1-25-13-16-14-5-2-3-6-17(14)26-21(16)22(24)23-10-8-18-15(9-12-28-18)20(23)19-7-4-11-27-19/h2-7,9,11-12,20H,8,10,13H2,1H3. The third kappa shape index (κ3) is 2.80. The second kappa shape index (κ2) is 7.20. The number of benzene rings is 1. The van der Waals surface area contributed by atoms with Crippen LogP contribution in [0, 0.1) is 0 Å². The van der Waals surface area contributed by atoms with Gasteiger partial charge in [-0.3, -0.25) is 4.79 Å². The Hall–Kier alpha value is -2.41. The number of thiophene rings is 2. The number of rotatable bonds is 4. The Kier molecular flexibility index (Phi) is 4.55. The van der Waals surface area contributed by atoms with Crippen LogP contribution in [0.25, 0.3) is 11.0 Å². The van der Waals surface area contributed by atoms with Crippen molar-refractivity contribution in [3.8, 4) is 0 Å². The fourth-order valence-corrected chi connectivity index (χ4v) is 5.74. The van der Waals surface area contributed by atoms with Crippen molar-refractivity contribution in [2.75, 3.05) is 13.7 Å². The molecule has 1 amide bonds. The fraction of sp³-hybridized carbons (Fsp3) is 0.227. The summed E-state index contributed by atoms with van der Waals surface area (Å²) in [6.45, 7) is 1.03. The van der Waals surface area contributed by atoms with Gasteiger partial charge in [-0.15, -0.1) is 22.7 Å². The van der Waals surface area contributed by atoms with Gasteiger partial charge in [-0.05, 0) is 40.9 Å². The van der Waals surface area contributed by atoms with E-state index in [0.717, 1.165) is 23.0 Å². The van der Waals surface area contributed by atoms with E-state index in [9.17, 15) is 4.79 Å². The number of fused-ring (bicyclic) bond motifs is 2. The number of methoxy groups -OCH3 is 1. The van der Waals surface area contributed by atoms with Gasteiger partial charge in [0.05, 0.1) is 12.6 Å². The van der Waals surface area contributed by atoms with Gasteiger partial charge in [0.25, 0.3) is 5.91 Å². The summed E-state index contributed by atoms with van der Waals surface area (Å²) >= 11 is 3.46. The van der Waals surface area contributed by atoms with Crippen molar-refractivity contribution in [3.63, 3.8) is 0 Å². The van der Waals surface area contributed by atoms with Gasteiger partial charge in [-0.1, -0.05) is 24.3 Å². The largest absolute Gasteiger partial charge is 0.451 e. The molecule has 0 spiro atoms. The van der Waals surface area contributed by atoms with Crippen LogP contribution in [0.5, 0.6) is 0 Å². The molecule has 4 aromatic rings. The number of hydrogen-bond donors (Lipinski definition) is 0. The highest BCUT2D eigenvalue weighted by molar-refractivity contribution is 7.10. The average molecular weight is 410 g/mol. The van der Waals surface area contributed by atoms with E-state index in [0.29, 0.717) is 18.9 Å². The van der Waals surface area contributed by atoms with Crippen molar-refractivity contribution in [2.45, 2.75) is 19.1 Å². The monoisotopic (exact) mass is 409 g/mol. The highest BCUT2D eigenvalue weighted by atomic mass is 32.1. The van der Waals surface area contributed by atoms with Gasteiger partial charge < -0.3 is 14.1 Å². The minimum absolute atomic E-state index is 0.0638. The molecule has 3 aromatic heterocycles. The lowest BCUT2D eigenvalue weighted by Crippen LogP contribution is -2.40. The number of ether oxygens (including phenoxy) is 1. The zero-order valence-electron chi connectivity index (χ0n) is 15.4. The van der Waals surface area contributed by atoms with Gasteiger partial charge >= 0.3 is 0 Å². The Balaban J connectivity index is 1.62. The number of carbonyl (C=O) groups is 1. The van der Waals surface area contributed by atoms with Crippen LogP contribution in [-0.4, -0.2) is 24.5 Å². The van der Waals surface area contributed by atoms with E-state index < -0.39 is 0 Å². The number of amides is 1. The van der Waals surface area contributed by atoms with E-state index in [4.69, 9.17) is 9.15 Å². The SMILES string of the molecule is COCc1c(C(=O)N2CCc3sccc3C2c2cccs2)oc2ccccc12. The van der Waals surface area contributed by atoms with Crippen molar-refractivity contribution >= 4 is 39.5 Å². The predicted octanol–water partition coefficient (Wildman–Crippen LogP) is 5.49. The molecule has 0 radical (unpaired) electrons. The molecule has 1 unspecified atom stereocenters. The maximum atomic E-state index is 13.7. The topological polar surface area (TPSA) is 42.7 Å². The van der Waals surface area contributed by atoms with Gasteiger partial charge in [0, 0.05) is 34.4 Å². The Bertz CT molecular complexity index is 1130. The summed E-state index contributed by atoms with van der Waals surface area (Å²) in [6.07, 6.45) is 0.875. The van der Waals surface area contributed by atoms with E-state index in [1.165, 1.54) is 15.3 Å². The number of nitrogens with zero attached hydrogens (tertiary/aromatic N) is 1. The smallest absolute Gasteiger partial charge is 0.290 e. The van der Waals surface area contributed by atoms with Crippen LogP contribution in [0.2, 0.25) is 0 Å². The quantitative estimate of drug-likeness (QED) is 0.448. The molecule has 6 heteroatoms. The van der Waals surface area contributed by atoms with E-state index in [1.54, 1.807) is 29.8 Å². The van der Waals surface area contributed by atoms with Crippen LogP contribution >= 0.6 is 22.7 Å². The third-order valence-corrected chi connectivity index (χ3v) is 7.14. The molecular formula is C22H19NO3S2. The lowest BCUT2D eigenvalue weighted by molar-refractivity contribution is 0.0662. The lowest BCUT2D eigenvalue weighted by Gasteiger charge is -2.35. The average Bonchev–Trinajstić information content (AvgIpc) is 3.47. The third-order valence-electron chi connectivity index (χ3n) is 5.22. The first-order valence-electron chi connectivity index (χ1n) is 9.18. The molecule has 0 fully saturated rings. The minimum Gasteiger partial charge on any atom is -0.451 e. The summed E-state index contributed by atoms with van der Waals surface area (Å²) in [4.78, 5) is 18.2. The summed E-state index contributed by atoms with van der Waals surface area (Å²) in [7, 11) is 1.64. The van der Waals surface area contributed by atoms with E-state index in [1.807, 2.05) is 35.2 Å². The maximum Gasteiger partial charge on any atom is 0.290 e. The Morgan fingerprint density at radius 2 is 2.07 bits per heavy atom. The van der Waals surface area contributed by atoms with Gasteiger partial charge in [-0.2, -0.15) is 0 Å². The summed E-state index contributed by atoms with van der Waals surface area (Å²) in [5.74, 6) is 0.321. The molecule has 1 aliphatic rings. The molecule has 4 heterocycles. The molecule has 0 aliphatic carbocycles. The zero-order valence-corrected chi connectivity index (χ0v) is 17.0. The second-order valence-electron chi connectivity index (χ2n) is 6.80. The first kappa shape index (κ1) is 17.7. The Labute approximate surface area is 171 Å². The van der Waals surface area contributed by atoms with Gasteiger partial charge in [0.15, 0.2) is 5.76 Å². The Morgan fingerprint density at radius 3 is 2.89 bits per heavy atom. The molecular weight excluding hydrogens is 390 g/mol. The van der Waals surface area contributed by atoms with Crippen molar-refractivity contribution in [2.24, 2.45) is 0 Å². The number of furan rings is 1. The normalized spacial score (nSPS) is 16.5. The molecule has 0 N–H and O–H groups in total. The molecule has 28 heavy (non-hydrogen) atoms.